The van der Waals surface area contributed by atoms with E-state index in [4.69, 9.17) is 21.6 Å². The van der Waals surface area contributed by atoms with Crippen LogP contribution in [-0.2, 0) is 11.2 Å². The maximum Gasteiger partial charge on any atom is 0.227 e. The SMILES string of the molecule is N#Cc1ccnc(OC2CCN(C(=O)Cc3ccccc3Cl)C2)c1. The summed E-state index contributed by atoms with van der Waals surface area (Å²) >= 11 is 6.11. The Morgan fingerprint density at radius 3 is 3.04 bits per heavy atom. The lowest BCUT2D eigenvalue weighted by Gasteiger charge is -2.17. The third-order valence-corrected chi connectivity index (χ3v) is 4.32. The van der Waals surface area contributed by atoms with Crippen molar-refractivity contribution in [3.63, 3.8) is 0 Å². The number of likely N-dealkylation sites (tertiary alicyclic amines) is 1. The fourth-order valence-electron chi connectivity index (χ4n) is 2.68. The molecule has 0 radical (unpaired) electrons. The summed E-state index contributed by atoms with van der Waals surface area (Å²) < 4.78 is 5.79. The standard InChI is InChI=1S/C18H16ClN3O2/c19-16-4-2-1-3-14(16)10-18(23)22-8-6-15(12-22)24-17-9-13(11-20)5-7-21-17/h1-5,7,9,15H,6,8,10,12H2. The number of amides is 1. The van der Waals surface area contributed by atoms with Gasteiger partial charge in [-0.15, -0.1) is 0 Å². The van der Waals surface area contributed by atoms with Gasteiger partial charge in [0.25, 0.3) is 0 Å². The fraction of sp³-hybridized carbons (Fsp3) is 0.278. The first-order valence-corrected chi connectivity index (χ1v) is 8.07. The quantitative estimate of drug-likeness (QED) is 0.857. The summed E-state index contributed by atoms with van der Waals surface area (Å²) in [7, 11) is 0. The minimum atomic E-state index is -0.110. The average Bonchev–Trinajstić information content (AvgIpc) is 3.06. The van der Waals surface area contributed by atoms with Crippen molar-refractivity contribution in [2.45, 2.75) is 18.9 Å². The molecule has 0 spiro atoms. The molecular formula is C18H16ClN3O2. The molecule has 2 heterocycles. The van der Waals surface area contributed by atoms with Crippen LogP contribution in [0.25, 0.3) is 0 Å². The van der Waals surface area contributed by atoms with Crippen LogP contribution in [0.1, 0.15) is 17.5 Å². The monoisotopic (exact) mass is 341 g/mol. The molecule has 1 amide bonds. The van der Waals surface area contributed by atoms with E-state index in [1.54, 1.807) is 29.3 Å². The van der Waals surface area contributed by atoms with Crippen LogP contribution in [0.4, 0.5) is 0 Å². The molecule has 0 N–H and O–H groups in total. The highest BCUT2D eigenvalue weighted by Crippen LogP contribution is 2.20. The molecular weight excluding hydrogens is 326 g/mol. The first-order valence-electron chi connectivity index (χ1n) is 7.69. The number of carbonyl (C=O) groups excluding carboxylic acids is 1. The Balaban J connectivity index is 1.58. The summed E-state index contributed by atoms with van der Waals surface area (Å²) in [5.41, 5.74) is 1.33. The molecule has 3 rings (SSSR count). The Morgan fingerprint density at radius 2 is 2.25 bits per heavy atom. The third kappa shape index (κ3) is 3.84. The molecule has 5 nitrogen and oxygen atoms in total. The minimum absolute atomic E-state index is 0.0351. The second kappa shape index (κ2) is 7.33. The largest absolute Gasteiger partial charge is 0.472 e. The molecule has 1 saturated heterocycles. The van der Waals surface area contributed by atoms with Crippen molar-refractivity contribution in [2.75, 3.05) is 13.1 Å². The topological polar surface area (TPSA) is 66.2 Å². The van der Waals surface area contributed by atoms with Gasteiger partial charge in [0.2, 0.25) is 11.8 Å². The lowest BCUT2D eigenvalue weighted by atomic mass is 10.1. The second-order valence-corrected chi connectivity index (χ2v) is 6.04. The number of hydrogen-bond donors (Lipinski definition) is 0. The lowest BCUT2D eigenvalue weighted by molar-refractivity contribution is -0.129. The van der Waals surface area contributed by atoms with E-state index < -0.39 is 0 Å². The number of aromatic nitrogens is 1. The first-order chi connectivity index (χ1) is 11.7. The Hall–Kier alpha value is -2.58. The molecule has 0 saturated carbocycles. The van der Waals surface area contributed by atoms with Crippen LogP contribution in [0.3, 0.4) is 0 Å². The van der Waals surface area contributed by atoms with E-state index >= 15 is 0 Å². The molecule has 122 valence electrons. The molecule has 1 aliphatic heterocycles. The number of pyridine rings is 1. The summed E-state index contributed by atoms with van der Waals surface area (Å²) in [5, 5.41) is 9.51. The molecule has 0 bridgehead atoms. The Labute approximate surface area is 145 Å². The number of halogens is 1. The van der Waals surface area contributed by atoms with Gasteiger partial charge in [0.15, 0.2) is 0 Å². The van der Waals surface area contributed by atoms with Gasteiger partial charge in [-0.1, -0.05) is 29.8 Å². The molecule has 0 aliphatic carbocycles. The molecule has 1 aliphatic rings. The minimum Gasteiger partial charge on any atom is -0.472 e. The molecule has 1 atom stereocenters. The van der Waals surface area contributed by atoms with E-state index in [-0.39, 0.29) is 18.4 Å². The van der Waals surface area contributed by atoms with Crippen molar-refractivity contribution in [3.05, 3.63) is 58.7 Å². The Kier molecular flexibility index (Phi) is 4.97. The van der Waals surface area contributed by atoms with Gasteiger partial charge >= 0.3 is 0 Å². The first kappa shape index (κ1) is 16.3. The number of rotatable bonds is 4. The molecule has 24 heavy (non-hydrogen) atoms. The zero-order chi connectivity index (χ0) is 16.9. The number of ether oxygens (including phenoxy) is 1. The smallest absolute Gasteiger partial charge is 0.227 e. The van der Waals surface area contributed by atoms with E-state index in [1.807, 2.05) is 18.2 Å². The molecule has 2 aromatic rings. The van der Waals surface area contributed by atoms with Gasteiger partial charge in [-0.2, -0.15) is 5.26 Å². The van der Waals surface area contributed by atoms with Gasteiger partial charge in [0.1, 0.15) is 6.10 Å². The molecule has 1 fully saturated rings. The summed E-state index contributed by atoms with van der Waals surface area (Å²) in [6.45, 7) is 1.16. The second-order valence-electron chi connectivity index (χ2n) is 5.63. The van der Waals surface area contributed by atoms with Crippen LogP contribution in [-0.4, -0.2) is 35.0 Å². The van der Waals surface area contributed by atoms with Crippen LogP contribution < -0.4 is 4.74 Å². The van der Waals surface area contributed by atoms with Crippen molar-refractivity contribution < 1.29 is 9.53 Å². The normalized spacial score (nSPS) is 16.7. The predicted molar refractivity (Wildman–Crippen MR) is 89.7 cm³/mol. The summed E-state index contributed by atoms with van der Waals surface area (Å²) in [6, 6.07) is 12.7. The maximum absolute atomic E-state index is 12.4. The number of hydrogen-bond acceptors (Lipinski definition) is 4. The summed E-state index contributed by atoms with van der Waals surface area (Å²) in [6.07, 6.45) is 2.46. The lowest BCUT2D eigenvalue weighted by Crippen LogP contribution is -2.32. The van der Waals surface area contributed by atoms with E-state index in [1.165, 1.54) is 0 Å². The number of nitrogens with zero attached hydrogens (tertiary/aromatic N) is 3. The van der Waals surface area contributed by atoms with Gasteiger partial charge in [-0.3, -0.25) is 4.79 Å². The summed E-state index contributed by atoms with van der Waals surface area (Å²) in [4.78, 5) is 18.3. The van der Waals surface area contributed by atoms with Gasteiger partial charge < -0.3 is 9.64 Å². The predicted octanol–water partition coefficient (Wildman–Crippen LogP) is 2.83. The third-order valence-electron chi connectivity index (χ3n) is 3.95. The number of carbonyl (C=O) groups is 1. The Bertz CT molecular complexity index is 788. The van der Waals surface area contributed by atoms with E-state index in [9.17, 15) is 4.79 Å². The van der Waals surface area contributed by atoms with Crippen LogP contribution in [0.5, 0.6) is 5.88 Å². The van der Waals surface area contributed by atoms with E-state index in [2.05, 4.69) is 11.1 Å². The molecule has 1 unspecified atom stereocenters. The molecule has 1 aromatic heterocycles. The highest BCUT2D eigenvalue weighted by molar-refractivity contribution is 6.31. The Morgan fingerprint density at radius 1 is 1.42 bits per heavy atom. The van der Waals surface area contributed by atoms with Crippen molar-refractivity contribution >= 4 is 17.5 Å². The van der Waals surface area contributed by atoms with E-state index in [0.29, 0.717) is 29.6 Å². The van der Waals surface area contributed by atoms with Gasteiger partial charge in [0.05, 0.1) is 24.6 Å². The van der Waals surface area contributed by atoms with Crippen LogP contribution in [0.15, 0.2) is 42.6 Å². The zero-order valence-corrected chi connectivity index (χ0v) is 13.7. The summed E-state index contributed by atoms with van der Waals surface area (Å²) in [5.74, 6) is 0.451. The maximum atomic E-state index is 12.4. The van der Waals surface area contributed by atoms with Crippen LogP contribution >= 0.6 is 11.6 Å². The highest BCUT2D eigenvalue weighted by atomic mass is 35.5. The van der Waals surface area contributed by atoms with Crippen LogP contribution in [0, 0.1) is 11.3 Å². The zero-order valence-electron chi connectivity index (χ0n) is 13.0. The van der Waals surface area contributed by atoms with Gasteiger partial charge in [-0.25, -0.2) is 4.98 Å². The van der Waals surface area contributed by atoms with Gasteiger partial charge in [-0.05, 0) is 17.7 Å². The molecule has 1 aromatic carbocycles. The van der Waals surface area contributed by atoms with Gasteiger partial charge in [0, 0.05) is 30.3 Å². The molecule has 6 heteroatoms. The fourth-order valence-corrected chi connectivity index (χ4v) is 2.88. The van der Waals surface area contributed by atoms with E-state index in [0.717, 1.165) is 12.0 Å². The van der Waals surface area contributed by atoms with Crippen LogP contribution in [0.2, 0.25) is 5.02 Å². The highest BCUT2D eigenvalue weighted by Gasteiger charge is 2.28. The average molecular weight is 342 g/mol. The number of nitriles is 1. The van der Waals surface area contributed by atoms with Crippen molar-refractivity contribution in [1.82, 2.24) is 9.88 Å². The van der Waals surface area contributed by atoms with Crippen molar-refractivity contribution in [1.29, 1.82) is 5.26 Å². The van der Waals surface area contributed by atoms with Crippen molar-refractivity contribution in [2.24, 2.45) is 0 Å². The number of benzene rings is 1. The van der Waals surface area contributed by atoms with Crippen molar-refractivity contribution in [3.8, 4) is 11.9 Å².